The molecule has 0 aliphatic carbocycles. The standard InChI is InChI=1S/C19H23N3O2/c20-10-12-21-11-2-1-3-13-22-18(23)15-8-4-6-14-7-5-9-16(17(14)15)19(22)24/h4-9,21H,1-3,10-13,20H2. The molecule has 2 amide bonds. The van der Waals surface area contributed by atoms with Gasteiger partial charge in [-0.2, -0.15) is 0 Å². The summed E-state index contributed by atoms with van der Waals surface area (Å²) in [4.78, 5) is 26.8. The van der Waals surface area contributed by atoms with Crippen molar-refractivity contribution in [2.24, 2.45) is 5.73 Å². The second-order valence-corrected chi connectivity index (χ2v) is 6.07. The molecule has 0 bridgehead atoms. The van der Waals surface area contributed by atoms with Crippen molar-refractivity contribution in [1.82, 2.24) is 10.2 Å². The average molecular weight is 325 g/mol. The third-order valence-corrected chi connectivity index (χ3v) is 4.41. The fourth-order valence-electron chi connectivity index (χ4n) is 3.21. The first kappa shape index (κ1) is 16.6. The largest absolute Gasteiger partial charge is 0.329 e. The van der Waals surface area contributed by atoms with E-state index in [1.165, 1.54) is 4.90 Å². The van der Waals surface area contributed by atoms with Crippen molar-refractivity contribution in [3.8, 4) is 0 Å². The Kier molecular flexibility index (Phi) is 5.23. The van der Waals surface area contributed by atoms with Crippen LogP contribution in [-0.4, -0.2) is 42.9 Å². The van der Waals surface area contributed by atoms with Crippen LogP contribution in [0.1, 0.15) is 40.0 Å². The second kappa shape index (κ2) is 7.55. The maximum atomic E-state index is 12.7. The summed E-state index contributed by atoms with van der Waals surface area (Å²) in [6.07, 6.45) is 2.81. The first-order chi connectivity index (χ1) is 11.7. The molecule has 1 aliphatic heterocycles. The van der Waals surface area contributed by atoms with Crippen LogP contribution in [0.25, 0.3) is 10.8 Å². The highest BCUT2D eigenvalue weighted by Gasteiger charge is 2.31. The fourth-order valence-corrected chi connectivity index (χ4v) is 3.21. The minimum absolute atomic E-state index is 0.175. The minimum atomic E-state index is -0.175. The monoisotopic (exact) mass is 325 g/mol. The zero-order chi connectivity index (χ0) is 16.9. The minimum Gasteiger partial charge on any atom is -0.329 e. The number of nitrogens with one attached hydrogen (secondary N) is 1. The normalized spacial score (nSPS) is 13.8. The molecule has 3 rings (SSSR count). The molecule has 3 N–H and O–H groups in total. The van der Waals surface area contributed by atoms with Crippen molar-refractivity contribution in [3.63, 3.8) is 0 Å². The first-order valence-corrected chi connectivity index (χ1v) is 8.53. The fraction of sp³-hybridized carbons (Fsp3) is 0.368. The van der Waals surface area contributed by atoms with Gasteiger partial charge in [-0.15, -0.1) is 0 Å². The quantitative estimate of drug-likeness (QED) is 0.576. The van der Waals surface area contributed by atoms with Crippen molar-refractivity contribution in [2.45, 2.75) is 19.3 Å². The summed E-state index contributed by atoms with van der Waals surface area (Å²) in [6.45, 7) is 2.85. The number of hydrogen-bond acceptors (Lipinski definition) is 4. The summed E-state index contributed by atoms with van der Waals surface area (Å²) in [5.41, 5.74) is 6.69. The molecule has 5 nitrogen and oxygen atoms in total. The zero-order valence-electron chi connectivity index (χ0n) is 13.8. The van der Waals surface area contributed by atoms with E-state index in [9.17, 15) is 9.59 Å². The summed E-state index contributed by atoms with van der Waals surface area (Å²) in [5, 5.41) is 4.98. The molecule has 0 unspecified atom stereocenters. The highest BCUT2D eigenvalue weighted by molar-refractivity contribution is 6.25. The molecule has 2 aromatic carbocycles. The van der Waals surface area contributed by atoms with Crippen molar-refractivity contribution in [2.75, 3.05) is 26.2 Å². The summed E-state index contributed by atoms with van der Waals surface area (Å²) in [7, 11) is 0. The van der Waals surface area contributed by atoms with Crippen molar-refractivity contribution >= 4 is 22.6 Å². The van der Waals surface area contributed by atoms with Crippen LogP contribution in [0.4, 0.5) is 0 Å². The SMILES string of the molecule is NCCNCCCCCN1C(=O)c2cccc3cccc(c23)C1=O. The van der Waals surface area contributed by atoms with Gasteiger partial charge in [-0.25, -0.2) is 0 Å². The van der Waals surface area contributed by atoms with Gasteiger partial charge in [-0.05, 0) is 36.9 Å². The molecule has 1 heterocycles. The number of amides is 2. The van der Waals surface area contributed by atoms with Crippen molar-refractivity contribution < 1.29 is 9.59 Å². The lowest BCUT2D eigenvalue weighted by Gasteiger charge is -2.27. The Bertz CT molecular complexity index is 707. The Morgan fingerprint density at radius 1 is 0.875 bits per heavy atom. The van der Waals surface area contributed by atoms with E-state index in [2.05, 4.69) is 5.32 Å². The molecule has 0 radical (unpaired) electrons. The van der Waals surface area contributed by atoms with Gasteiger partial charge in [0, 0.05) is 36.1 Å². The molecule has 0 atom stereocenters. The lowest BCUT2D eigenvalue weighted by atomic mass is 9.94. The Morgan fingerprint density at radius 3 is 2.17 bits per heavy atom. The van der Waals surface area contributed by atoms with Gasteiger partial charge < -0.3 is 11.1 Å². The smallest absolute Gasteiger partial charge is 0.261 e. The van der Waals surface area contributed by atoms with Crippen LogP contribution in [0.15, 0.2) is 36.4 Å². The number of imide groups is 1. The van der Waals surface area contributed by atoms with E-state index in [4.69, 9.17) is 5.73 Å². The predicted molar refractivity (Wildman–Crippen MR) is 95.1 cm³/mol. The average Bonchev–Trinajstić information content (AvgIpc) is 2.61. The Labute approximate surface area is 141 Å². The molecule has 126 valence electrons. The van der Waals surface area contributed by atoms with E-state index in [0.29, 0.717) is 24.2 Å². The van der Waals surface area contributed by atoms with Gasteiger partial charge in [-0.1, -0.05) is 30.7 Å². The van der Waals surface area contributed by atoms with Gasteiger partial charge in [0.25, 0.3) is 11.8 Å². The molecule has 0 saturated heterocycles. The number of carbonyl (C=O) groups is 2. The molecule has 24 heavy (non-hydrogen) atoms. The lowest BCUT2D eigenvalue weighted by Crippen LogP contribution is -2.40. The predicted octanol–water partition coefficient (Wildman–Crippen LogP) is 2.15. The Morgan fingerprint density at radius 2 is 1.54 bits per heavy atom. The van der Waals surface area contributed by atoms with Crippen LogP contribution in [0.2, 0.25) is 0 Å². The Hall–Kier alpha value is -2.24. The Balaban J connectivity index is 1.67. The van der Waals surface area contributed by atoms with Crippen LogP contribution in [0, 0.1) is 0 Å². The topological polar surface area (TPSA) is 75.4 Å². The number of rotatable bonds is 8. The molecule has 1 aliphatic rings. The molecular formula is C19H23N3O2. The van der Waals surface area contributed by atoms with Crippen LogP contribution in [0.3, 0.4) is 0 Å². The van der Waals surface area contributed by atoms with Gasteiger partial charge in [0.15, 0.2) is 0 Å². The molecule has 0 spiro atoms. The van der Waals surface area contributed by atoms with Crippen LogP contribution < -0.4 is 11.1 Å². The van der Waals surface area contributed by atoms with E-state index in [0.717, 1.165) is 43.1 Å². The van der Waals surface area contributed by atoms with E-state index in [1.54, 1.807) is 0 Å². The van der Waals surface area contributed by atoms with Crippen LogP contribution >= 0.6 is 0 Å². The van der Waals surface area contributed by atoms with Crippen LogP contribution in [0.5, 0.6) is 0 Å². The molecule has 0 aromatic heterocycles. The number of nitrogens with two attached hydrogens (primary N) is 1. The van der Waals surface area contributed by atoms with E-state index in [-0.39, 0.29) is 11.8 Å². The van der Waals surface area contributed by atoms with Crippen LogP contribution in [-0.2, 0) is 0 Å². The van der Waals surface area contributed by atoms with Gasteiger partial charge in [0.05, 0.1) is 0 Å². The van der Waals surface area contributed by atoms with Gasteiger partial charge >= 0.3 is 0 Å². The highest BCUT2D eigenvalue weighted by Crippen LogP contribution is 2.29. The molecule has 5 heteroatoms. The van der Waals surface area contributed by atoms with E-state index < -0.39 is 0 Å². The summed E-state index contributed by atoms with van der Waals surface area (Å²) in [6, 6.07) is 11.2. The summed E-state index contributed by atoms with van der Waals surface area (Å²) >= 11 is 0. The third kappa shape index (κ3) is 3.18. The second-order valence-electron chi connectivity index (χ2n) is 6.07. The summed E-state index contributed by atoms with van der Waals surface area (Å²) < 4.78 is 0. The van der Waals surface area contributed by atoms with E-state index in [1.807, 2.05) is 36.4 Å². The maximum Gasteiger partial charge on any atom is 0.261 e. The van der Waals surface area contributed by atoms with Gasteiger partial charge in [-0.3, -0.25) is 14.5 Å². The third-order valence-electron chi connectivity index (χ3n) is 4.41. The molecular weight excluding hydrogens is 302 g/mol. The number of unbranched alkanes of at least 4 members (excludes halogenated alkanes) is 2. The van der Waals surface area contributed by atoms with Crippen molar-refractivity contribution in [1.29, 1.82) is 0 Å². The lowest BCUT2D eigenvalue weighted by molar-refractivity contribution is 0.0608. The molecule has 0 saturated carbocycles. The molecule has 2 aromatic rings. The van der Waals surface area contributed by atoms with Crippen molar-refractivity contribution in [3.05, 3.63) is 47.5 Å². The summed E-state index contributed by atoms with van der Waals surface area (Å²) in [5.74, 6) is -0.351. The van der Waals surface area contributed by atoms with E-state index >= 15 is 0 Å². The number of hydrogen-bond donors (Lipinski definition) is 2. The molecule has 0 fully saturated rings. The van der Waals surface area contributed by atoms with Gasteiger partial charge in [0.1, 0.15) is 0 Å². The zero-order valence-corrected chi connectivity index (χ0v) is 13.8. The first-order valence-electron chi connectivity index (χ1n) is 8.53. The number of nitrogens with zero attached hydrogens (tertiary/aromatic N) is 1. The highest BCUT2D eigenvalue weighted by atomic mass is 16.2. The van der Waals surface area contributed by atoms with Gasteiger partial charge in [0.2, 0.25) is 0 Å². The number of benzene rings is 2. The maximum absolute atomic E-state index is 12.7. The number of carbonyl (C=O) groups excluding carboxylic acids is 2.